The van der Waals surface area contributed by atoms with Crippen LogP contribution in [0.15, 0.2) is 91.4 Å². The second-order valence-corrected chi connectivity index (χ2v) is 15.4. The number of benzene rings is 3. The number of anilines is 1. The number of carbonyl (C=O) groups is 5. The molecule has 0 radical (unpaired) electrons. The molecule has 2 heterocycles. The molecule has 3 aromatic carbocycles. The Balaban J connectivity index is 1.30. The van der Waals surface area contributed by atoms with Gasteiger partial charge in [0.2, 0.25) is 11.8 Å². The summed E-state index contributed by atoms with van der Waals surface area (Å²) in [5.74, 6) is -3.04. The van der Waals surface area contributed by atoms with E-state index < -0.39 is 52.8 Å². The molecule has 0 bridgehead atoms. The Labute approximate surface area is 330 Å². The number of amides is 4. The predicted molar refractivity (Wildman–Crippen MR) is 207 cm³/mol. The van der Waals surface area contributed by atoms with Crippen LogP contribution in [-0.4, -0.2) is 80.9 Å². The van der Waals surface area contributed by atoms with Crippen LogP contribution in [0.5, 0.6) is 0 Å². The maximum absolute atomic E-state index is 14.2. The van der Waals surface area contributed by atoms with Crippen LogP contribution >= 0.6 is 0 Å². The third-order valence-electron chi connectivity index (χ3n) is 9.28. The number of nitrogens with one attached hydrogen (secondary N) is 3. The lowest BCUT2D eigenvalue weighted by atomic mass is 9.88. The zero-order valence-corrected chi connectivity index (χ0v) is 32.6. The van der Waals surface area contributed by atoms with Gasteiger partial charge in [0.25, 0.3) is 5.91 Å². The highest BCUT2D eigenvalue weighted by atomic mass is 19.1. The number of aromatic nitrogens is 2. The molecule has 57 heavy (non-hydrogen) atoms. The molecule has 1 aliphatic heterocycles. The summed E-state index contributed by atoms with van der Waals surface area (Å²) in [6.07, 6.45) is 2.79. The van der Waals surface area contributed by atoms with Crippen molar-refractivity contribution in [2.24, 2.45) is 5.92 Å². The molecule has 4 aromatic rings. The number of imidazole rings is 1. The van der Waals surface area contributed by atoms with Gasteiger partial charge in [0.15, 0.2) is 11.6 Å². The number of rotatable bonds is 14. The monoisotopic (exact) mass is 786 g/mol. The Kier molecular flexibility index (Phi) is 13.6. The predicted octanol–water partition coefficient (Wildman–Crippen LogP) is 5.82. The fourth-order valence-electron chi connectivity index (χ4n) is 6.23. The molecule has 0 saturated carbocycles. The van der Waals surface area contributed by atoms with Crippen molar-refractivity contribution in [3.05, 3.63) is 120 Å². The van der Waals surface area contributed by atoms with E-state index in [-0.39, 0.29) is 49.7 Å². The highest BCUT2D eigenvalue weighted by Crippen LogP contribution is 2.28. The van der Waals surface area contributed by atoms with Gasteiger partial charge >= 0.3 is 6.09 Å². The Morgan fingerprint density at radius 2 is 1.47 bits per heavy atom. The van der Waals surface area contributed by atoms with Crippen LogP contribution in [0, 0.1) is 17.6 Å². The van der Waals surface area contributed by atoms with Crippen molar-refractivity contribution in [1.29, 1.82) is 0 Å². The fourth-order valence-corrected chi connectivity index (χ4v) is 6.23. The van der Waals surface area contributed by atoms with Crippen molar-refractivity contribution in [1.82, 2.24) is 25.1 Å². The van der Waals surface area contributed by atoms with Gasteiger partial charge < -0.3 is 34.9 Å². The molecular formula is C42H48F2N6O7. The summed E-state index contributed by atoms with van der Waals surface area (Å²) in [5.41, 5.74) is -0.594. The van der Waals surface area contributed by atoms with Gasteiger partial charge in [-0.3, -0.25) is 19.2 Å². The first-order valence-corrected chi connectivity index (χ1v) is 18.6. The summed E-state index contributed by atoms with van der Waals surface area (Å²) in [6, 6.07) is 17.8. The maximum atomic E-state index is 14.2. The van der Waals surface area contributed by atoms with Crippen LogP contribution in [0.3, 0.4) is 0 Å². The van der Waals surface area contributed by atoms with Gasteiger partial charge in [0.05, 0.1) is 19.5 Å². The van der Waals surface area contributed by atoms with Crippen LogP contribution in [0.4, 0.5) is 19.4 Å². The fraction of sp³-hybridized carbons (Fsp3) is 0.381. The van der Waals surface area contributed by atoms with Gasteiger partial charge in [-0.25, -0.2) is 18.6 Å². The number of ether oxygens (including phenoxy) is 2. The van der Waals surface area contributed by atoms with E-state index in [1.54, 1.807) is 25.7 Å². The molecule has 0 aliphatic carbocycles. The Bertz CT molecular complexity index is 2020. The van der Waals surface area contributed by atoms with E-state index in [1.165, 1.54) is 79.5 Å². The Hall–Kier alpha value is -5.96. The molecule has 302 valence electrons. The standard InChI is InChI=1S/C42H48F2N6O7/c1-41(2,3)57-40(55)48-42(4,5)39(54)46-33(25-56-24-27-9-7-6-8-10-27)37(52)47-34-23-50(26-45-34)35(28-11-15-31(43)16-12-28)38(53)49-21-19-30(20-22-49)36(51)29-13-17-32(44)18-14-29/h6-18,23,26,30,33,35H,19-22,24-25H2,1-5H3,(H,46,54)(H,47,52)(H,48,55). The van der Waals surface area contributed by atoms with Gasteiger partial charge in [-0.15, -0.1) is 0 Å². The molecule has 13 nitrogen and oxygen atoms in total. The van der Waals surface area contributed by atoms with Crippen molar-refractivity contribution >= 4 is 35.4 Å². The van der Waals surface area contributed by atoms with E-state index in [2.05, 4.69) is 20.9 Å². The molecule has 4 amide bonds. The van der Waals surface area contributed by atoms with Gasteiger partial charge in [0.1, 0.15) is 34.9 Å². The topological polar surface area (TPSA) is 161 Å². The number of nitrogens with zero attached hydrogens (tertiary/aromatic N) is 3. The van der Waals surface area contributed by atoms with Gasteiger partial charge in [-0.1, -0.05) is 42.5 Å². The minimum absolute atomic E-state index is 0.0527. The molecule has 5 rings (SSSR count). The van der Waals surface area contributed by atoms with Crippen LogP contribution in [0.1, 0.15) is 75.0 Å². The van der Waals surface area contributed by atoms with Crippen molar-refractivity contribution < 1.29 is 42.2 Å². The lowest BCUT2D eigenvalue weighted by Gasteiger charge is -2.34. The van der Waals surface area contributed by atoms with Gasteiger partial charge in [-0.2, -0.15) is 0 Å². The van der Waals surface area contributed by atoms with Crippen molar-refractivity contribution in [2.45, 2.75) is 77.3 Å². The summed E-state index contributed by atoms with van der Waals surface area (Å²) < 4.78 is 40.1. The number of piperidine rings is 1. The first kappa shape index (κ1) is 42.2. The minimum atomic E-state index is -1.49. The highest BCUT2D eigenvalue weighted by Gasteiger charge is 2.36. The normalized spacial score (nSPS) is 14.6. The van der Waals surface area contributed by atoms with Gasteiger partial charge in [-0.05, 0) is 95.0 Å². The number of likely N-dealkylation sites (tertiary alicyclic amines) is 1. The molecule has 1 saturated heterocycles. The number of Topliss-reactive ketones (excluding diaryl/α,β-unsaturated/α-hetero) is 1. The number of halogens is 2. The second-order valence-electron chi connectivity index (χ2n) is 15.4. The summed E-state index contributed by atoms with van der Waals surface area (Å²) >= 11 is 0. The van der Waals surface area contributed by atoms with Crippen molar-refractivity contribution in [2.75, 3.05) is 25.0 Å². The molecule has 1 aliphatic rings. The highest BCUT2D eigenvalue weighted by molar-refractivity contribution is 5.99. The van der Waals surface area contributed by atoms with E-state index in [0.29, 0.717) is 24.0 Å². The Morgan fingerprint density at radius 1 is 0.860 bits per heavy atom. The van der Waals surface area contributed by atoms with Crippen LogP contribution in [0.25, 0.3) is 0 Å². The summed E-state index contributed by atoms with van der Waals surface area (Å²) in [7, 11) is 0. The summed E-state index contributed by atoms with van der Waals surface area (Å²) in [4.78, 5) is 73.0. The summed E-state index contributed by atoms with van der Waals surface area (Å²) in [5, 5.41) is 7.88. The Morgan fingerprint density at radius 3 is 2.09 bits per heavy atom. The SMILES string of the molecule is CC(C)(C)OC(=O)NC(C)(C)C(=O)NC(COCc1ccccc1)C(=O)Nc1cn(C(C(=O)N2CCC(C(=O)c3ccc(F)cc3)CC2)c2ccc(F)cc2)cn1. The number of hydrogen-bond donors (Lipinski definition) is 3. The number of hydrogen-bond acceptors (Lipinski definition) is 8. The smallest absolute Gasteiger partial charge is 0.408 e. The lowest BCUT2D eigenvalue weighted by Crippen LogP contribution is -2.59. The quantitative estimate of drug-likeness (QED) is 0.135. The zero-order chi connectivity index (χ0) is 41.3. The first-order chi connectivity index (χ1) is 27.0. The number of ketones is 1. The first-order valence-electron chi connectivity index (χ1n) is 18.6. The largest absolute Gasteiger partial charge is 0.444 e. The number of carbonyl (C=O) groups excluding carboxylic acids is 5. The van der Waals surface area contributed by atoms with Crippen molar-refractivity contribution in [3.63, 3.8) is 0 Å². The average Bonchev–Trinajstić information content (AvgIpc) is 3.62. The van der Waals surface area contributed by atoms with E-state index in [1.807, 2.05) is 30.3 Å². The average molecular weight is 787 g/mol. The third kappa shape index (κ3) is 11.8. The molecule has 0 spiro atoms. The molecule has 1 fully saturated rings. The zero-order valence-electron chi connectivity index (χ0n) is 32.6. The number of alkyl carbamates (subject to hydrolysis) is 1. The van der Waals surface area contributed by atoms with Crippen LogP contribution in [-0.2, 0) is 30.5 Å². The molecule has 15 heteroatoms. The van der Waals surface area contributed by atoms with E-state index >= 15 is 0 Å². The van der Waals surface area contributed by atoms with Crippen LogP contribution in [0.2, 0.25) is 0 Å². The van der Waals surface area contributed by atoms with Crippen LogP contribution < -0.4 is 16.0 Å². The molecule has 2 unspecified atom stereocenters. The third-order valence-corrected chi connectivity index (χ3v) is 9.28. The molecule has 3 N–H and O–H groups in total. The van der Waals surface area contributed by atoms with E-state index in [0.717, 1.165) is 5.56 Å². The lowest BCUT2D eigenvalue weighted by molar-refractivity contribution is -0.134. The van der Waals surface area contributed by atoms with Gasteiger partial charge in [0, 0.05) is 30.8 Å². The minimum Gasteiger partial charge on any atom is -0.444 e. The second kappa shape index (κ2) is 18.3. The van der Waals surface area contributed by atoms with E-state index in [9.17, 15) is 32.8 Å². The van der Waals surface area contributed by atoms with E-state index in [4.69, 9.17) is 9.47 Å². The molecule has 2 atom stereocenters. The van der Waals surface area contributed by atoms with Crippen molar-refractivity contribution in [3.8, 4) is 0 Å². The maximum Gasteiger partial charge on any atom is 0.408 e. The summed E-state index contributed by atoms with van der Waals surface area (Å²) in [6.45, 7) is 8.44. The molecule has 1 aromatic heterocycles. The molecular weight excluding hydrogens is 738 g/mol.